The Morgan fingerprint density at radius 2 is 1.86 bits per heavy atom. The number of carbonyl (C=O) groups is 1. The summed E-state index contributed by atoms with van der Waals surface area (Å²) in [5.74, 6) is 1.57. The van der Waals surface area contributed by atoms with Gasteiger partial charge in [-0.05, 0) is 48.7 Å². The predicted octanol–water partition coefficient (Wildman–Crippen LogP) is 0.802. The molecule has 0 unspecified atom stereocenters. The van der Waals surface area contributed by atoms with Gasteiger partial charge in [-0.3, -0.25) is 4.79 Å². The number of hydrogen-bond acceptors (Lipinski definition) is 3. The number of fused-ring (bicyclic) bond motifs is 2. The van der Waals surface area contributed by atoms with Crippen molar-refractivity contribution in [2.45, 2.75) is 64.8 Å². The normalized spacial score (nSPS) is 30.5. The van der Waals surface area contributed by atoms with Gasteiger partial charge in [0, 0.05) is 20.0 Å². The van der Waals surface area contributed by atoms with Gasteiger partial charge in [0.25, 0.3) is 0 Å². The van der Waals surface area contributed by atoms with Crippen LogP contribution < -0.4 is 12.4 Å². The molecule has 0 saturated heterocycles. The molecule has 0 aliphatic heterocycles. The molecular formula is C16H29ClHgO3Si. The summed E-state index contributed by atoms with van der Waals surface area (Å²) in [7, 11) is -1.64. The van der Waals surface area contributed by atoms with Crippen molar-refractivity contribution in [2.24, 2.45) is 17.8 Å². The molecule has 0 aromatic carbocycles. The molecule has 0 heterocycles. The van der Waals surface area contributed by atoms with Crippen LogP contribution >= 0.6 is 0 Å². The van der Waals surface area contributed by atoms with E-state index >= 15 is 0 Å². The van der Waals surface area contributed by atoms with Crippen molar-refractivity contribution in [3.05, 3.63) is 6.42 Å². The Kier molecular flexibility index (Phi) is 8.63. The number of ether oxygens (including phenoxy) is 1. The summed E-state index contributed by atoms with van der Waals surface area (Å²) in [4.78, 5) is 11.1. The second kappa shape index (κ2) is 8.30. The molecule has 2 radical (unpaired) electrons. The number of halogens is 1. The van der Waals surface area contributed by atoms with Crippen molar-refractivity contribution >= 4 is 14.3 Å². The van der Waals surface area contributed by atoms with Gasteiger partial charge in [0.2, 0.25) is 0 Å². The van der Waals surface area contributed by atoms with E-state index in [4.69, 9.17) is 9.16 Å². The Balaban J connectivity index is 0.00000220. The molecule has 124 valence electrons. The molecule has 6 heteroatoms. The van der Waals surface area contributed by atoms with Crippen molar-refractivity contribution < 1.29 is 54.0 Å². The number of esters is 1. The van der Waals surface area contributed by atoms with Crippen LogP contribution in [0.3, 0.4) is 0 Å². The fourth-order valence-electron chi connectivity index (χ4n) is 3.16. The van der Waals surface area contributed by atoms with E-state index in [0.717, 1.165) is 13.0 Å². The third-order valence-corrected chi connectivity index (χ3v) is 9.95. The average Bonchev–Trinajstić information content (AvgIpc) is 2.83. The summed E-state index contributed by atoms with van der Waals surface area (Å²) in [6.45, 7) is 13.8. The maximum absolute atomic E-state index is 11.1. The first-order chi connectivity index (χ1) is 9.10. The molecule has 0 amide bonds. The first-order valence-electron chi connectivity index (χ1n) is 7.76. The van der Waals surface area contributed by atoms with Crippen molar-refractivity contribution in [3.63, 3.8) is 0 Å². The largest absolute Gasteiger partial charge is 1.00 e. The van der Waals surface area contributed by atoms with Crippen molar-refractivity contribution in [1.29, 1.82) is 0 Å². The first-order valence-corrected chi connectivity index (χ1v) is 10.7. The minimum atomic E-state index is -1.64. The van der Waals surface area contributed by atoms with Crippen LogP contribution in [0, 0.1) is 24.2 Å². The zero-order valence-corrected chi connectivity index (χ0v) is 22.1. The Morgan fingerprint density at radius 3 is 2.27 bits per heavy atom. The molecule has 0 spiro atoms. The van der Waals surface area contributed by atoms with E-state index in [1.54, 1.807) is 0 Å². The molecule has 2 aliphatic rings. The smallest absolute Gasteiger partial charge is 1.00 e. The van der Waals surface area contributed by atoms with Gasteiger partial charge in [-0.1, -0.05) is 20.8 Å². The molecule has 2 bridgehead atoms. The van der Waals surface area contributed by atoms with E-state index in [1.807, 2.05) is 0 Å². The van der Waals surface area contributed by atoms with Gasteiger partial charge in [0.15, 0.2) is 8.32 Å². The summed E-state index contributed by atoms with van der Waals surface area (Å²) >= 11 is 0. The molecule has 0 N–H and O–H groups in total. The summed E-state index contributed by atoms with van der Waals surface area (Å²) in [6.07, 6.45) is 4.62. The van der Waals surface area contributed by atoms with Crippen molar-refractivity contribution in [1.82, 2.24) is 0 Å². The van der Waals surface area contributed by atoms with Gasteiger partial charge in [0.05, 0.1) is 0 Å². The average molecular weight is 534 g/mol. The Bertz CT molecular complexity index is 384. The summed E-state index contributed by atoms with van der Waals surface area (Å²) in [5.41, 5.74) is 0. The van der Waals surface area contributed by atoms with E-state index in [2.05, 4.69) is 40.3 Å². The maximum Gasteiger partial charge on any atom is 1.00 e. The third kappa shape index (κ3) is 5.18. The summed E-state index contributed by atoms with van der Waals surface area (Å²) < 4.78 is 11.7. The fourth-order valence-corrected chi connectivity index (χ4v) is 4.22. The molecular weight excluding hydrogens is 504 g/mol. The Morgan fingerprint density at radius 1 is 1.27 bits per heavy atom. The number of rotatable bonds is 4. The quantitative estimate of drug-likeness (QED) is 0.397. The van der Waals surface area contributed by atoms with Crippen LogP contribution in [0.25, 0.3) is 0 Å². The minimum absolute atomic E-state index is 0. The van der Waals surface area contributed by atoms with E-state index in [-0.39, 0.29) is 57.2 Å². The van der Waals surface area contributed by atoms with Crippen LogP contribution in [0.4, 0.5) is 0 Å². The fraction of sp³-hybridized carbons (Fsp3) is 0.875. The van der Waals surface area contributed by atoms with Gasteiger partial charge < -0.3 is 21.6 Å². The topological polar surface area (TPSA) is 35.5 Å². The van der Waals surface area contributed by atoms with E-state index in [0.29, 0.717) is 17.8 Å². The zero-order valence-electron chi connectivity index (χ0n) is 14.8. The van der Waals surface area contributed by atoms with Crippen LogP contribution in [0.2, 0.25) is 18.1 Å². The van der Waals surface area contributed by atoms with Gasteiger partial charge in [-0.15, -0.1) is 0 Å². The van der Waals surface area contributed by atoms with Crippen LogP contribution in [0.1, 0.15) is 40.5 Å². The molecule has 0 aromatic rings. The molecule has 4 atom stereocenters. The molecule has 2 fully saturated rings. The van der Waals surface area contributed by atoms with E-state index < -0.39 is 8.32 Å². The number of carbonyl (C=O) groups excluding carboxylic acids is 1. The van der Waals surface area contributed by atoms with Crippen molar-refractivity contribution in [3.8, 4) is 0 Å². The summed E-state index contributed by atoms with van der Waals surface area (Å²) in [6, 6.07) is 0. The molecule has 22 heavy (non-hydrogen) atoms. The van der Waals surface area contributed by atoms with Crippen LogP contribution in [0.5, 0.6) is 0 Å². The molecule has 3 nitrogen and oxygen atoms in total. The molecule has 2 saturated carbocycles. The minimum Gasteiger partial charge on any atom is -1.00 e. The van der Waals surface area contributed by atoms with Crippen molar-refractivity contribution in [2.75, 3.05) is 6.61 Å². The Hall–Kier alpha value is 0.872. The van der Waals surface area contributed by atoms with Gasteiger partial charge in [-0.2, -0.15) is 0 Å². The van der Waals surface area contributed by atoms with Crippen LogP contribution in [0.15, 0.2) is 0 Å². The van der Waals surface area contributed by atoms with E-state index in [9.17, 15) is 4.79 Å². The van der Waals surface area contributed by atoms with E-state index in [1.165, 1.54) is 13.3 Å². The first kappa shape index (κ1) is 22.9. The predicted molar refractivity (Wildman–Crippen MR) is 82.7 cm³/mol. The zero-order chi connectivity index (χ0) is 15.1. The SMILES string of the molecule is CC(=O)O[C@@H]1[CH][C@@H]2C[C@H]1C[C@@H]2CO[Si](C)(C)C(C)(C)C.[Cl-].[Hg+]. The van der Waals surface area contributed by atoms with Gasteiger partial charge >= 0.3 is 33.6 Å². The third-order valence-electron chi connectivity index (χ3n) is 5.45. The second-order valence-corrected chi connectivity index (χ2v) is 12.8. The van der Waals surface area contributed by atoms with Crippen LogP contribution in [-0.4, -0.2) is 27.0 Å². The summed E-state index contributed by atoms with van der Waals surface area (Å²) in [5, 5.41) is 0.272. The molecule has 2 rings (SSSR count). The standard InChI is InChI=1S/C16H29O3Si.ClH.Hg/c1-11(17)19-15-9-12-7-13(15)8-14(12)10-18-20(5,6)16(2,3)4;;/h9,12-15H,7-8,10H2,1-6H3;1H;/q;;+1/p-1/t12-,13-,14+,15+;;/m0../s1. The Labute approximate surface area is 163 Å². The van der Waals surface area contributed by atoms with Gasteiger partial charge in [0.1, 0.15) is 6.10 Å². The monoisotopic (exact) mass is 534 g/mol. The maximum atomic E-state index is 11.1. The second-order valence-electron chi connectivity index (χ2n) is 7.99. The number of hydrogen-bond donors (Lipinski definition) is 0. The molecule has 0 aromatic heterocycles. The molecule has 2 aliphatic carbocycles. The van der Waals surface area contributed by atoms with Gasteiger partial charge in [-0.25, -0.2) is 0 Å². The van der Waals surface area contributed by atoms with Crippen LogP contribution in [-0.2, 0) is 41.6 Å².